The van der Waals surface area contributed by atoms with Crippen LogP contribution in [0.3, 0.4) is 0 Å². The number of carboxylic acid groups (broad SMARTS) is 1. The zero-order chi connectivity index (χ0) is 20.5. The van der Waals surface area contributed by atoms with E-state index in [1.165, 1.54) is 13.2 Å². The first-order chi connectivity index (χ1) is 13.5. The molecule has 2 rings (SSSR count). The molecule has 0 aliphatic rings. The Hall–Kier alpha value is -3.28. The number of nitrogens with one attached hydrogen (secondary N) is 1. The lowest BCUT2D eigenvalue weighted by atomic mass is 10.0. The number of aliphatic carboxylic acids is 1. The molecule has 0 spiro atoms. The predicted molar refractivity (Wildman–Crippen MR) is 111 cm³/mol. The van der Waals surface area contributed by atoms with E-state index < -0.39 is 5.97 Å². The van der Waals surface area contributed by atoms with Crippen LogP contribution < -0.4 is 10.2 Å². The van der Waals surface area contributed by atoms with Crippen LogP contribution in [0.25, 0.3) is 17.2 Å². The van der Waals surface area contributed by atoms with Gasteiger partial charge in [-0.25, -0.2) is 9.59 Å². The molecule has 2 N–H and O–H groups in total. The summed E-state index contributed by atoms with van der Waals surface area (Å²) in [5, 5.41) is 11.9. The summed E-state index contributed by atoms with van der Waals surface area (Å²) < 4.78 is 4.85. The van der Waals surface area contributed by atoms with Gasteiger partial charge < -0.3 is 15.2 Å². The number of nitrogens with zero attached hydrogens (tertiary/aromatic N) is 1. The molecule has 0 aromatic heterocycles. The van der Waals surface area contributed by atoms with Gasteiger partial charge in [0.15, 0.2) is 0 Å². The van der Waals surface area contributed by atoms with Gasteiger partial charge in [0.05, 0.1) is 7.11 Å². The zero-order valence-electron chi connectivity index (χ0n) is 16.4. The zero-order valence-corrected chi connectivity index (χ0v) is 16.4. The maximum absolute atomic E-state index is 12.2. The largest absolute Gasteiger partial charge is 0.490 e. The number of carboxylic acids is 1. The van der Waals surface area contributed by atoms with Gasteiger partial charge in [-0.15, -0.1) is 0 Å². The van der Waals surface area contributed by atoms with Gasteiger partial charge in [-0.2, -0.15) is 0 Å². The molecular formula is C22H26N2O4. The highest BCUT2D eigenvalue weighted by molar-refractivity contribution is 5.92. The van der Waals surface area contributed by atoms with Crippen molar-refractivity contribution in [3.8, 4) is 11.1 Å². The maximum Gasteiger partial charge on any atom is 0.371 e. The Morgan fingerprint density at radius 1 is 1.14 bits per heavy atom. The van der Waals surface area contributed by atoms with Crippen LogP contribution in [0.4, 0.5) is 10.5 Å². The standard InChI is InChI=1S/C22H26N2O4/c1-4-5-13-23-22(27)24(2)19-8-6-7-18(15-19)17-11-9-16(10-12-17)14-20(28-3)21(25)26/h6-12,14-15H,4-5,13H2,1-3H3,(H,23,27)(H,25,26). The molecule has 0 unspecified atom stereocenters. The molecule has 0 aliphatic carbocycles. The fraction of sp³-hybridized carbons (Fsp3) is 0.273. The fourth-order valence-corrected chi connectivity index (χ4v) is 2.63. The summed E-state index contributed by atoms with van der Waals surface area (Å²) in [5.74, 6) is -1.23. The van der Waals surface area contributed by atoms with Crippen LogP contribution in [-0.2, 0) is 9.53 Å². The lowest BCUT2D eigenvalue weighted by molar-refractivity contribution is -0.135. The second kappa shape index (κ2) is 10.2. The molecule has 148 valence electrons. The predicted octanol–water partition coefficient (Wildman–Crippen LogP) is 4.37. The van der Waals surface area contributed by atoms with Crippen molar-refractivity contribution in [3.63, 3.8) is 0 Å². The lowest BCUT2D eigenvalue weighted by Crippen LogP contribution is -2.37. The Morgan fingerprint density at radius 3 is 2.46 bits per heavy atom. The first-order valence-electron chi connectivity index (χ1n) is 9.17. The molecule has 0 fully saturated rings. The van der Waals surface area contributed by atoms with Crippen LogP contribution in [0.5, 0.6) is 0 Å². The molecule has 28 heavy (non-hydrogen) atoms. The summed E-state index contributed by atoms with van der Waals surface area (Å²) in [6, 6.07) is 15.0. The lowest BCUT2D eigenvalue weighted by Gasteiger charge is -2.19. The molecular weight excluding hydrogens is 356 g/mol. The van der Waals surface area contributed by atoms with Crippen LogP contribution in [0, 0.1) is 0 Å². The second-order valence-corrected chi connectivity index (χ2v) is 6.33. The number of amides is 2. The highest BCUT2D eigenvalue weighted by Gasteiger charge is 2.11. The van der Waals surface area contributed by atoms with E-state index in [0.717, 1.165) is 35.2 Å². The first-order valence-corrected chi connectivity index (χ1v) is 9.17. The molecule has 6 nitrogen and oxygen atoms in total. The van der Waals surface area contributed by atoms with Crippen molar-refractivity contribution in [2.45, 2.75) is 19.8 Å². The molecule has 2 aromatic rings. The van der Waals surface area contributed by atoms with Crippen molar-refractivity contribution in [3.05, 3.63) is 59.9 Å². The highest BCUT2D eigenvalue weighted by Crippen LogP contribution is 2.25. The van der Waals surface area contributed by atoms with Crippen LogP contribution in [0.2, 0.25) is 0 Å². The van der Waals surface area contributed by atoms with Gasteiger partial charge >= 0.3 is 12.0 Å². The van der Waals surface area contributed by atoms with Crippen molar-refractivity contribution in [2.24, 2.45) is 0 Å². The van der Waals surface area contributed by atoms with E-state index in [2.05, 4.69) is 12.2 Å². The normalized spacial score (nSPS) is 11.0. The number of anilines is 1. The summed E-state index contributed by atoms with van der Waals surface area (Å²) in [5.41, 5.74) is 3.45. The Morgan fingerprint density at radius 2 is 1.86 bits per heavy atom. The molecule has 2 amide bonds. The van der Waals surface area contributed by atoms with E-state index in [4.69, 9.17) is 9.84 Å². The molecule has 0 radical (unpaired) electrons. The highest BCUT2D eigenvalue weighted by atomic mass is 16.5. The first kappa shape index (κ1) is 21.0. The number of hydrogen-bond acceptors (Lipinski definition) is 3. The summed E-state index contributed by atoms with van der Waals surface area (Å²) in [7, 11) is 3.07. The van der Waals surface area contributed by atoms with E-state index >= 15 is 0 Å². The van der Waals surface area contributed by atoms with Crippen LogP contribution in [0.1, 0.15) is 25.3 Å². The van der Waals surface area contributed by atoms with Crippen LogP contribution in [0.15, 0.2) is 54.3 Å². The SMILES string of the molecule is CCCCNC(=O)N(C)c1cccc(-c2ccc(C=C(OC)C(=O)O)cc2)c1. The topological polar surface area (TPSA) is 78.9 Å². The molecule has 0 atom stereocenters. The summed E-state index contributed by atoms with van der Waals surface area (Å²) in [4.78, 5) is 24.9. The van der Waals surface area contributed by atoms with Crippen molar-refractivity contribution in [1.29, 1.82) is 0 Å². The number of rotatable bonds is 8. The molecule has 0 saturated carbocycles. The third kappa shape index (κ3) is 5.61. The minimum absolute atomic E-state index is 0.120. The van der Waals surface area contributed by atoms with Gasteiger partial charge in [0.25, 0.3) is 0 Å². The van der Waals surface area contributed by atoms with Gasteiger partial charge in [-0.05, 0) is 41.3 Å². The molecule has 6 heteroatoms. The molecule has 0 aliphatic heterocycles. The molecule has 2 aromatic carbocycles. The minimum Gasteiger partial charge on any atom is -0.490 e. The van der Waals surface area contributed by atoms with Crippen LogP contribution in [-0.4, -0.2) is 37.8 Å². The Labute approximate surface area is 165 Å². The quantitative estimate of drug-likeness (QED) is 0.404. The van der Waals surface area contributed by atoms with Crippen molar-refractivity contribution in [1.82, 2.24) is 5.32 Å². The third-order valence-electron chi connectivity index (χ3n) is 4.32. The number of carbonyl (C=O) groups excluding carboxylic acids is 1. The smallest absolute Gasteiger partial charge is 0.371 e. The number of benzene rings is 2. The number of hydrogen-bond donors (Lipinski definition) is 2. The van der Waals surface area contributed by atoms with Crippen molar-refractivity contribution in [2.75, 3.05) is 25.6 Å². The van der Waals surface area contributed by atoms with Gasteiger partial charge in [-0.3, -0.25) is 4.90 Å². The van der Waals surface area contributed by atoms with E-state index in [1.807, 2.05) is 48.5 Å². The summed E-state index contributed by atoms with van der Waals surface area (Å²) >= 11 is 0. The Kier molecular flexibility index (Phi) is 7.63. The van der Waals surface area contributed by atoms with Gasteiger partial charge in [-0.1, -0.05) is 49.7 Å². The number of unbranched alkanes of at least 4 members (excludes halogenated alkanes) is 1. The summed E-state index contributed by atoms with van der Waals surface area (Å²) in [6.45, 7) is 2.74. The average Bonchev–Trinajstić information content (AvgIpc) is 2.71. The van der Waals surface area contributed by atoms with E-state index in [-0.39, 0.29) is 11.8 Å². The third-order valence-corrected chi connectivity index (χ3v) is 4.32. The monoisotopic (exact) mass is 382 g/mol. The van der Waals surface area contributed by atoms with E-state index in [9.17, 15) is 9.59 Å². The minimum atomic E-state index is -1.11. The number of ether oxygens (including phenoxy) is 1. The van der Waals surface area contributed by atoms with E-state index in [0.29, 0.717) is 6.54 Å². The van der Waals surface area contributed by atoms with Crippen molar-refractivity contribution < 1.29 is 19.4 Å². The van der Waals surface area contributed by atoms with Gasteiger partial charge in [0.1, 0.15) is 0 Å². The van der Waals surface area contributed by atoms with Gasteiger partial charge in [0, 0.05) is 19.3 Å². The van der Waals surface area contributed by atoms with E-state index in [1.54, 1.807) is 11.9 Å². The van der Waals surface area contributed by atoms with Crippen LogP contribution >= 0.6 is 0 Å². The molecule has 0 bridgehead atoms. The molecule has 0 heterocycles. The number of urea groups is 1. The molecule has 0 saturated heterocycles. The Bertz CT molecular complexity index is 844. The average molecular weight is 382 g/mol. The maximum atomic E-state index is 12.2. The number of carbonyl (C=O) groups is 2. The number of methoxy groups -OCH3 is 1. The fourth-order valence-electron chi connectivity index (χ4n) is 2.63. The van der Waals surface area contributed by atoms with Crippen molar-refractivity contribution >= 4 is 23.8 Å². The Balaban J connectivity index is 2.17. The summed E-state index contributed by atoms with van der Waals surface area (Å²) in [6.07, 6.45) is 3.45. The second-order valence-electron chi connectivity index (χ2n) is 6.33. The van der Waals surface area contributed by atoms with Gasteiger partial charge in [0.2, 0.25) is 5.76 Å².